The van der Waals surface area contributed by atoms with E-state index in [-0.39, 0.29) is 6.79 Å². The summed E-state index contributed by atoms with van der Waals surface area (Å²) >= 11 is 0. The molecule has 4 aromatic carbocycles. The number of benzene rings is 4. The van der Waals surface area contributed by atoms with Gasteiger partial charge in [-0.15, -0.1) is 0 Å². The molecule has 0 amide bonds. The molecule has 5 rings (SSSR count). The van der Waals surface area contributed by atoms with Crippen LogP contribution in [0.15, 0.2) is 78.9 Å². The molecule has 0 bridgehead atoms. The van der Waals surface area contributed by atoms with Crippen molar-refractivity contribution in [2.45, 2.75) is 0 Å². The minimum absolute atomic E-state index is 0.251. The molecule has 0 fully saturated rings. The van der Waals surface area contributed by atoms with Crippen molar-refractivity contribution in [1.82, 2.24) is 0 Å². The average molecular weight is 402 g/mol. The molecule has 1 heterocycles. The van der Waals surface area contributed by atoms with Gasteiger partial charge >= 0.3 is 0 Å². The number of rotatable bonds is 1. The van der Waals surface area contributed by atoms with E-state index in [1.807, 2.05) is 54.6 Å². The van der Waals surface area contributed by atoms with Crippen LogP contribution < -0.4 is 14.2 Å². The Kier molecular flexibility index (Phi) is 4.93. The highest BCUT2D eigenvalue weighted by molar-refractivity contribution is 5.83. The summed E-state index contributed by atoms with van der Waals surface area (Å²) in [5.41, 5.74) is 3.51. The maximum atomic E-state index is 5.45. The molecule has 3 nitrogen and oxygen atoms in total. The summed E-state index contributed by atoms with van der Waals surface area (Å²) in [6.45, 7) is 0.251. The second kappa shape index (κ2) is 8.19. The first kappa shape index (κ1) is 18.7. The van der Waals surface area contributed by atoms with Crippen molar-refractivity contribution in [1.29, 1.82) is 0 Å². The molecular weight excluding hydrogens is 384 g/mol. The molecule has 4 aromatic rings. The third-order valence-corrected chi connectivity index (χ3v) is 4.97. The van der Waals surface area contributed by atoms with Gasteiger partial charge in [-0.3, -0.25) is 0 Å². The van der Waals surface area contributed by atoms with Crippen LogP contribution >= 0.6 is 0 Å². The molecule has 0 aliphatic carbocycles. The molecule has 0 unspecified atom stereocenters. The zero-order valence-corrected chi connectivity index (χ0v) is 16.9. The molecule has 31 heavy (non-hydrogen) atoms. The normalized spacial score (nSPS) is 11.3. The zero-order chi connectivity index (χ0) is 21.0. The third-order valence-electron chi connectivity index (χ3n) is 4.97. The van der Waals surface area contributed by atoms with Crippen LogP contribution in [-0.2, 0) is 0 Å². The van der Waals surface area contributed by atoms with Gasteiger partial charge in [0.2, 0.25) is 6.79 Å². The molecule has 0 atom stereocenters. The van der Waals surface area contributed by atoms with Gasteiger partial charge < -0.3 is 14.2 Å². The van der Waals surface area contributed by atoms with Gasteiger partial charge in [0.05, 0.1) is 7.11 Å². The Morgan fingerprint density at radius 1 is 0.613 bits per heavy atom. The van der Waals surface area contributed by atoms with Crippen molar-refractivity contribution in [3.63, 3.8) is 0 Å². The van der Waals surface area contributed by atoms with Crippen LogP contribution in [0.5, 0.6) is 17.2 Å². The topological polar surface area (TPSA) is 27.7 Å². The highest BCUT2D eigenvalue weighted by Gasteiger charge is 2.12. The maximum absolute atomic E-state index is 5.45. The van der Waals surface area contributed by atoms with Gasteiger partial charge in [-0.25, -0.2) is 0 Å². The van der Waals surface area contributed by atoms with Crippen molar-refractivity contribution < 1.29 is 14.2 Å². The van der Waals surface area contributed by atoms with Crippen molar-refractivity contribution in [2.75, 3.05) is 13.9 Å². The number of ether oxygens (including phenoxy) is 3. The molecule has 148 valence electrons. The lowest BCUT2D eigenvalue weighted by Gasteiger charge is -2.02. The Hall–Kier alpha value is -4.34. The van der Waals surface area contributed by atoms with Crippen molar-refractivity contribution in [3.05, 3.63) is 101 Å². The molecule has 1 aliphatic heterocycles. The molecule has 0 radical (unpaired) electrons. The molecule has 1 aliphatic rings. The lowest BCUT2D eigenvalue weighted by molar-refractivity contribution is 0.174. The molecule has 0 saturated heterocycles. The first-order valence-electron chi connectivity index (χ1n) is 9.88. The van der Waals surface area contributed by atoms with E-state index in [0.717, 1.165) is 39.5 Å². The molecule has 0 spiro atoms. The number of fused-ring (bicyclic) bond motifs is 2. The van der Waals surface area contributed by atoms with Crippen molar-refractivity contribution >= 4 is 10.8 Å². The predicted molar refractivity (Wildman–Crippen MR) is 121 cm³/mol. The van der Waals surface area contributed by atoms with Gasteiger partial charge in [0, 0.05) is 22.3 Å². The first-order chi connectivity index (χ1) is 15.3. The quantitative estimate of drug-likeness (QED) is 0.400. The SMILES string of the molecule is COc1cc(C#Cc2ccc3c(c2)OCO3)cc(C#Cc2ccc3ccccc3c2)c1. The molecule has 3 heteroatoms. The molecular formula is C28H18O3. The van der Waals surface area contributed by atoms with Crippen LogP contribution in [-0.4, -0.2) is 13.9 Å². The van der Waals surface area contributed by atoms with Gasteiger partial charge in [0.25, 0.3) is 0 Å². The largest absolute Gasteiger partial charge is 0.497 e. The fraction of sp³-hybridized carbons (Fsp3) is 0.0714. The van der Waals surface area contributed by atoms with Gasteiger partial charge in [-0.1, -0.05) is 54.0 Å². The predicted octanol–water partition coefficient (Wildman–Crippen LogP) is 5.38. The van der Waals surface area contributed by atoms with Gasteiger partial charge in [0.1, 0.15) is 5.75 Å². The Balaban J connectivity index is 1.44. The second-order valence-corrected chi connectivity index (χ2v) is 7.08. The lowest BCUT2D eigenvalue weighted by atomic mass is 10.1. The minimum Gasteiger partial charge on any atom is -0.497 e. The molecule has 0 aromatic heterocycles. The minimum atomic E-state index is 0.251. The van der Waals surface area contributed by atoms with E-state index in [9.17, 15) is 0 Å². The van der Waals surface area contributed by atoms with Gasteiger partial charge in [0.15, 0.2) is 11.5 Å². The summed E-state index contributed by atoms with van der Waals surface area (Å²) in [4.78, 5) is 0. The van der Waals surface area contributed by atoms with E-state index >= 15 is 0 Å². The smallest absolute Gasteiger partial charge is 0.231 e. The fourth-order valence-electron chi connectivity index (χ4n) is 3.39. The number of methoxy groups -OCH3 is 1. The second-order valence-electron chi connectivity index (χ2n) is 7.08. The average Bonchev–Trinajstić information content (AvgIpc) is 3.29. The standard InChI is InChI=1S/C28H18O3/c1-29-26-16-22(8-6-20-10-12-24-4-2-3-5-25(24)15-20)14-23(17-26)9-7-21-11-13-27-28(18-21)31-19-30-27/h2-5,10-18H,19H2,1H3. The summed E-state index contributed by atoms with van der Waals surface area (Å²) in [6, 6.07) is 26.0. The van der Waals surface area contributed by atoms with E-state index in [1.165, 1.54) is 10.8 Å². The van der Waals surface area contributed by atoms with Crippen molar-refractivity contribution in [2.24, 2.45) is 0 Å². The van der Waals surface area contributed by atoms with E-state index in [0.29, 0.717) is 0 Å². The summed E-state index contributed by atoms with van der Waals surface area (Å²) in [5.74, 6) is 15.0. The fourth-order valence-corrected chi connectivity index (χ4v) is 3.39. The van der Waals surface area contributed by atoms with E-state index in [2.05, 4.69) is 47.9 Å². The summed E-state index contributed by atoms with van der Waals surface area (Å²) in [6.07, 6.45) is 0. The Bertz CT molecular complexity index is 1410. The molecule has 0 saturated carbocycles. The summed E-state index contributed by atoms with van der Waals surface area (Å²) in [7, 11) is 1.64. The highest BCUT2D eigenvalue weighted by Crippen LogP contribution is 2.32. The highest BCUT2D eigenvalue weighted by atomic mass is 16.7. The van der Waals surface area contributed by atoms with E-state index in [4.69, 9.17) is 14.2 Å². The summed E-state index contributed by atoms with van der Waals surface area (Å²) < 4.78 is 16.2. The number of hydrogen-bond donors (Lipinski definition) is 0. The Labute approximate surface area is 181 Å². The number of hydrogen-bond acceptors (Lipinski definition) is 3. The zero-order valence-electron chi connectivity index (χ0n) is 16.9. The maximum Gasteiger partial charge on any atom is 0.231 e. The van der Waals surface area contributed by atoms with E-state index in [1.54, 1.807) is 7.11 Å². The van der Waals surface area contributed by atoms with Crippen LogP contribution in [0, 0.1) is 23.7 Å². The molecule has 0 N–H and O–H groups in total. The van der Waals surface area contributed by atoms with Gasteiger partial charge in [-0.05, 0) is 59.3 Å². The van der Waals surface area contributed by atoms with Crippen LogP contribution in [0.25, 0.3) is 10.8 Å². The van der Waals surface area contributed by atoms with E-state index < -0.39 is 0 Å². The van der Waals surface area contributed by atoms with Crippen LogP contribution in [0.3, 0.4) is 0 Å². The van der Waals surface area contributed by atoms with Crippen LogP contribution in [0.2, 0.25) is 0 Å². The third kappa shape index (κ3) is 4.17. The summed E-state index contributed by atoms with van der Waals surface area (Å²) in [5, 5.41) is 2.38. The Morgan fingerprint density at radius 3 is 2.03 bits per heavy atom. The first-order valence-corrected chi connectivity index (χ1v) is 9.88. The van der Waals surface area contributed by atoms with Crippen molar-refractivity contribution in [3.8, 4) is 40.9 Å². The van der Waals surface area contributed by atoms with Gasteiger partial charge in [-0.2, -0.15) is 0 Å². The lowest BCUT2D eigenvalue weighted by Crippen LogP contribution is -1.92. The monoisotopic (exact) mass is 402 g/mol. The van der Waals surface area contributed by atoms with Crippen LogP contribution in [0.4, 0.5) is 0 Å². The Morgan fingerprint density at radius 2 is 1.26 bits per heavy atom. The van der Waals surface area contributed by atoms with Crippen LogP contribution in [0.1, 0.15) is 22.3 Å².